The van der Waals surface area contributed by atoms with Gasteiger partial charge in [-0.05, 0) is 48.4 Å². The normalized spacial score (nSPS) is 10.5. The van der Waals surface area contributed by atoms with E-state index in [-0.39, 0.29) is 23.8 Å². The van der Waals surface area contributed by atoms with Gasteiger partial charge in [-0.25, -0.2) is 9.37 Å². The molecule has 1 amide bonds. The van der Waals surface area contributed by atoms with Crippen LogP contribution in [0.25, 0.3) is 0 Å². The number of halogens is 1. The lowest BCUT2D eigenvalue weighted by Gasteiger charge is -2.09. The molecule has 2 heterocycles. The quantitative estimate of drug-likeness (QED) is 0.796. The fraction of sp³-hybridized carbons (Fsp3) is 0.105. The molecule has 1 aromatic carbocycles. The molecule has 6 heteroatoms. The molecule has 126 valence electrons. The summed E-state index contributed by atoms with van der Waals surface area (Å²) in [5.74, 6) is -0.248. The lowest BCUT2D eigenvalue weighted by Crippen LogP contribution is -2.22. The maximum Gasteiger partial charge on any atom is 0.258 e. The van der Waals surface area contributed by atoms with E-state index in [2.05, 4.69) is 10.3 Å². The summed E-state index contributed by atoms with van der Waals surface area (Å²) in [6, 6.07) is 12.3. The highest BCUT2D eigenvalue weighted by Gasteiger charge is 2.09. The largest absolute Gasteiger partial charge is 0.310 e. The molecule has 0 fully saturated rings. The molecule has 0 radical (unpaired) electrons. The first-order chi connectivity index (χ1) is 12.0. The third kappa shape index (κ3) is 4.17. The molecule has 0 unspecified atom stereocenters. The second-order valence-electron chi connectivity index (χ2n) is 5.68. The van der Waals surface area contributed by atoms with Gasteiger partial charge in [-0.3, -0.25) is 9.59 Å². The molecule has 2 aromatic heterocycles. The van der Waals surface area contributed by atoms with Crippen molar-refractivity contribution in [2.24, 2.45) is 0 Å². The van der Waals surface area contributed by atoms with Crippen LogP contribution in [0.4, 0.5) is 10.2 Å². The van der Waals surface area contributed by atoms with Gasteiger partial charge in [0.2, 0.25) is 0 Å². The predicted octanol–water partition coefficient (Wildman–Crippen LogP) is 2.99. The van der Waals surface area contributed by atoms with Gasteiger partial charge in [0.25, 0.3) is 11.5 Å². The van der Waals surface area contributed by atoms with Crippen LogP contribution in [0.1, 0.15) is 21.5 Å². The first kappa shape index (κ1) is 16.6. The number of anilines is 1. The SMILES string of the molecule is Cc1ccnc(NC(=O)c2ccc(=O)n(Cc3ccc(F)cc3)c2)c1. The average Bonchev–Trinajstić information content (AvgIpc) is 2.59. The minimum absolute atomic E-state index is 0.241. The van der Waals surface area contributed by atoms with Crippen LogP contribution in [0.15, 0.2) is 65.7 Å². The molecule has 25 heavy (non-hydrogen) atoms. The molecular formula is C19H16FN3O2. The summed E-state index contributed by atoms with van der Waals surface area (Å²) in [7, 11) is 0. The molecule has 1 N–H and O–H groups in total. The molecule has 0 aliphatic carbocycles. The third-order valence-electron chi connectivity index (χ3n) is 3.67. The summed E-state index contributed by atoms with van der Waals surface area (Å²) in [6.45, 7) is 2.16. The third-order valence-corrected chi connectivity index (χ3v) is 3.67. The Bertz CT molecular complexity index is 965. The number of aromatic nitrogens is 2. The summed E-state index contributed by atoms with van der Waals surface area (Å²) in [6.07, 6.45) is 3.09. The first-order valence-corrected chi connectivity index (χ1v) is 7.70. The monoisotopic (exact) mass is 337 g/mol. The molecule has 0 saturated carbocycles. The summed E-state index contributed by atoms with van der Waals surface area (Å²) in [5.41, 5.74) is 1.84. The molecule has 0 saturated heterocycles. The van der Waals surface area contributed by atoms with Crippen molar-refractivity contribution >= 4 is 11.7 Å². The van der Waals surface area contributed by atoms with Gasteiger partial charge in [0.15, 0.2) is 0 Å². The van der Waals surface area contributed by atoms with E-state index in [1.807, 2.05) is 13.0 Å². The Morgan fingerprint density at radius 2 is 1.92 bits per heavy atom. The number of nitrogens with zero attached hydrogens (tertiary/aromatic N) is 2. The molecular weight excluding hydrogens is 321 g/mol. The number of hydrogen-bond donors (Lipinski definition) is 1. The van der Waals surface area contributed by atoms with Gasteiger partial charge in [-0.1, -0.05) is 12.1 Å². The Kier molecular flexibility index (Phi) is 4.70. The lowest BCUT2D eigenvalue weighted by atomic mass is 10.2. The molecule has 3 aromatic rings. The highest BCUT2D eigenvalue weighted by Crippen LogP contribution is 2.09. The second-order valence-corrected chi connectivity index (χ2v) is 5.68. The highest BCUT2D eigenvalue weighted by atomic mass is 19.1. The van der Waals surface area contributed by atoms with E-state index < -0.39 is 0 Å². The number of carbonyl (C=O) groups excluding carboxylic acids is 1. The van der Waals surface area contributed by atoms with Crippen LogP contribution < -0.4 is 10.9 Å². The number of amides is 1. The van der Waals surface area contributed by atoms with Crippen LogP contribution in [-0.2, 0) is 6.54 Å². The van der Waals surface area contributed by atoms with Gasteiger partial charge in [0, 0.05) is 18.5 Å². The van der Waals surface area contributed by atoms with Crippen LogP contribution in [0.5, 0.6) is 0 Å². The van der Waals surface area contributed by atoms with Crippen molar-refractivity contribution < 1.29 is 9.18 Å². The number of hydrogen-bond acceptors (Lipinski definition) is 3. The molecule has 0 bridgehead atoms. The van der Waals surface area contributed by atoms with Gasteiger partial charge < -0.3 is 9.88 Å². The van der Waals surface area contributed by atoms with Gasteiger partial charge in [-0.15, -0.1) is 0 Å². The predicted molar refractivity (Wildman–Crippen MR) is 93.1 cm³/mol. The van der Waals surface area contributed by atoms with Gasteiger partial charge in [0.05, 0.1) is 12.1 Å². The fourth-order valence-corrected chi connectivity index (χ4v) is 2.37. The Morgan fingerprint density at radius 3 is 2.64 bits per heavy atom. The van der Waals surface area contributed by atoms with E-state index in [4.69, 9.17) is 0 Å². The van der Waals surface area contributed by atoms with Crippen molar-refractivity contribution in [2.75, 3.05) is 5.32 Å². The molecule has 3 rings (SSSR count). The van der Waals surface area contributed by atoms with Crippen LogP contribution in [-0.4, -0.2) is 15.5 Å². The Morgan fingerprint density at radius 1 is 1.16 bits per heavy atom. The smallest absolute Gasteiger partial charge is 0.258 e. The topological polar surface area (TPSA) is 64.0 Å². The van der Waals surface area contributed by atoms with Crippen LogP contribution in [0, 0.1) is 12.7 Å². The first-order valence-electron chi connectivity index (χ1n) is 7.70. The van der Waals surface area contributed by atoms with Gasteiger partial charge in [0.1, 0.15) is 11.6 Å². The van der Waals surface area contributed by atoms with Crippen molar-refractivity contribution in [3.63, 3.8) is 0 Å². The fourth-order valence-electron chi connectivity index (χ4n) is 2.37. The second kappa shape index (κ2) is 7.09. The van der Waals surface area contributed by atoms with Crippen molar-refractivity contribution in [1.82, 2.24) is 9.55 Å². The maximum atomic E-state index is 13.0. The van der Waals surface area contributed by atoms with Crippen molar-refractivity contribution in [1.29, 1.82) is 0 Å². The number of aryl methyl sites for hydroxylation is 1. The summed E-state index contributed by atoms with van der Waals surface area (Å²) in [4.78, 5) is 28.5. The average molecular weight is 337 g/mol. The van der Waals surface area contributed by atoms with Crippen LogP contribution in [0.2, 0.25) is 0 Å². The highest BCUT2D eigenvalue weighted by molar-refractivity contribution is 6.03. The molecule has 0 atom stereocenters. The molecule has 0 aliphatic rings. The molecule has 0 spiro atoms. The summed E-state index contributed by atoms with van der Waals surface area (Å²) in [5, 5.41) is 2.70. The van der Waals surface area contributed by atoms with Gasteiger partial charge >= 0.3 is 0 Å². The Labute approximate surface area is 143 Å². The zero-order valence-corrected chi connectivity index (χ0v) is 13.6. The number of rotatable bonds is 4. The van der Waals surface area contributed by atoms with Crippen molar-refractivity contribution in [2.45, 2.75) is 13.5 Å². The van der Waals surface area contributed by atoms with E-state index in [0.29, 0.717) is 11.4 Å². The zero-order chi connectivity index (χ0) is 17.8. The van der Waals surface area contributed by atoms with E-state index in [0.717, 1.165) is 11.1 Å². The molecule has 0 aliphatic heterocycles. The minimum Gasteiger partial charge on any atom is -0.310 e. The Balaban J connectivity index is 1.82. The zero-order valence-electron chi connectivity index (χ0n) is 13.6. The van der Waals surface area contributed by atoms with E-state index in [1.165, 1.54) is 35.0 Å². The Hall–Kier alpha value is -3.28. The van der Waals surface area contributed by atoms with E-state index >= 15 is 0 Å². The summed E-state index contributed by atoms with van der Waals surface area (Å²) < 4.78 is 14.4. The summed E-state index contributed by atoms with van der Waals surface area (Å²) >= 11 is 0. The maximum absolute atomic E-state index is 13.0. The number of pyridine rings is 2. The van der Waals surface area contributed by atoms with Crippen LogP contribution >= 0.6 is 0 Å². The number of benzene rings is 1. The number of nitrogens with one attached hydrogen (secondary N) is 1. The van der Waals surface area contributed by atoms with E-state index in [1.54, 1.807) is 24.4 Å². The van der Waals surface area contributed by atoms with Gasteiger partial charge in [-0.2, -0.15) is 0 Å². The molecule has 5 nitrogen and oxygen atoms in total. The number of carbonyl (C=O) groups is 1. The van der Waals surface area contributed by atoms with Crippen molar-refractivity contribution in [3.05, 3.63) is 93.8 Å². The van der Waals surface area contributed by atoms with Crippen molar-refractivity contribution in [3.8, 4) is 0 Å². The van der Waals surface area contributed by atoms with Crippen LogP contribution in [0.3, 0.4) is 0 Å². The minimum atomic E-state index is -0.356. The standard InChI is InChI=1S/C19H16FN3O2/c1-13-8-9-21-17(10-13)22-19(25)15-4-7-18(24)23(12-15)11-14-2-5-16(20)6-3-14/h2-10,12H,11H2,1H3,(H,21,22,25). The van der Waals surface area contributed by atoms with E-state index in [9.17, 15) is 14.0 Å². The lowest BCUT2D eigenvalue weighted by molar-refractivity contribution is 0.102.